The number of hydrogen-bond donors (Lipinski definition) is 0. The summed E-state index contributed by atoms with van der Waals surface area (Å²) in [5, 5.41) is 0.714. The molecule has 2 aromatic carbocycles. The second kappa shape index (κ2) is 4.89. The van der Waals surface area contributed by atoms with Crippen molar-refractivity contribution in [3.8, 4) is 0 Å². The Balaban J connectivity index is 1.94. The van der Waals surface area contributed by atoms with Crippen LogP contribution in [0.25, 0.3) is 10.9 Å². The van der Waals surface area contributed by atoms with E-state index in [2.05, 4.69) is 0 Å². The first-order chi connectivity index (χ1) is 9.65. The molecule has 0 fully saturated rings. The van der Waals surface area contributed by atoms with Crippen molar-refractivity contribution in [2.24, 2.45) is 0 Å². The molecule has 0 radical (unpaired) electrons. The SMILES string of the molecule is O=C(Cn1ccc2cc(F)ccc21)c1ccccc1F. The molecule has 4 heteroatoms. The lowest BCUT2D eigenvalue weighted by Gasteiger charge is -2.06. The van der Waals surface area contributed by atoms with Crippen LogP contribution in [0.15, 0.2) is 54.7 Å². The van der Waals surface area contributed by atoms with Gasteiger partial charge < -0.3 is 4.57 Å². The average molecular weight is 271 g/mol. The van der Waals surface area contributed by atoms with Gasteiger partial charge in [0.1, 0.15) is 11.6 Å². The van der Waals surface area contributed by atoms with Gasteiger partial charge in [0.15, 0.2) is 5.78 Å². The maximum Gasteiger partial charge on any atom is 0.185 e. The van der Waals surface area contributed by atoms with E-state index >= 15 is 0 Å². The zero-order valence-electron chi connectivity index (χ0n) is 10.5. The molecule has 0 atom stereocenters. The van der Waals surface area contributed by atoms with Gasteiger partial charge in [-0.1, -0.05) is 12.1 Å². The molecule has 0 saturated carbocycles. The number of Topliss-reactive ketones (excluding diaryl/α,β-unsaturated/α-hetero) is 1. The lowest BCUT2D eigenvalue weighted by Crippen LogP contribution is -2.11. The number of rotatable bonds is 3. The average Bonchev–Trinajstić information content (AvgIpc) is 2.81. The number of fused-ring (bicyclic) bond motifs is 1. The summed E-state index contributed by atoms with van der Waals surface area (Å²) in [6, 6.07) is 12.0. The fraction of sp³-hybridized carbons (Fsp3) is 0.0625. The Morgan fingerprint density at radius 1 is 1.05 bits per heavy atom. The van der Waals surface area contributed by atoms with Crippen LogP contribution in [-0.2, 0) is 6.54 Å². The Labute approximate surface area is 114 Å². The van der Waals surface area contributed by atoms with Gasteiger partial charge in [-0.3, -0.25) is 4.79 Å². The minimum Gasteiger partial charge on any atom is -0.340 e. The van der Waals surface area contributed by atoms with Gasteiger partial charge in [0.05, 0.1) is 12.1 Å². The normalized spacial score (nSPS) is 10.9. The Morgan fingerprint density at radius 2 is 1.85 bits per heavy atom. The number of aromatic nitrogens is 1. The number of halogens is 2. The fourth-order valence-corrected chi connectivity index (χ4v) is 2.24. The summed E-state index contributed by atoms with van der Waals surface area (Å²) in [5.74, 6) is -1.17. The Morgan fingerprint density at radius 3 is 2.65 bits per heavy atom. The van der Waals surface area contributed by atoms with Crippen molar-refractivity contribution in [2.75, 3.05) is 0 Å². The standard InChI is InChI=1S/C16H11F2NO/c17-12-5-6-15-11(9-12)7-8-19(15)10-16(20)13-3-1-2-4-14(13)18/h1-9H,10H2. The molecule has 0 unspecified atom stereocenters. The first kappa shape index (κ1) is 12.5. The number of carbonyl (C=O) groups is 1. The van der Waals surface area contributed by atoms with Crippen LogP contribution >= 0.6 is 0 Å². The highest BCUT2D eigenvalue weighted by molar-refractivity contribution is 5.97. The van der Waals surface area contributed by atoms with E-state index < -0.39 is 5.82 Å². The summed E-state index contributed by atoms with van der Waals surface area (Å²) in [7, 11) is 0. The summed E-state index contributed by atoms with van der Waals surface area (Å²) in [6.45, 7) is 0.0239. The number of hydrogen-bond acceptors (Lipinski definition) is 1. The minimum absolute atomic E-state index is 0.0239. The zero-order valence-corrected chi connectivity index (χ0v) is 10.5. The van der Waals surface area contributed by atoms with E-state index in [1.165, 1.54) is 24.3 Å². The van der Waals surface area contributed by atoms with Crippen LogP contribution in [0.3, 0.4) is 0 Å². The summed E-state index contributed by atoms with van der Waals surface area (Å²) >= 11 is 0. The van der Waals surface area contributed by atoms with Crippen molar-refractivity contribution >= 4 is 16.7 Å². The van der Waals surface area contributed by atoms with E-state index in [9.17, 15) is 13.6 Å². The van der Waals surface area contributed by atoms with Gasteiger partial charge in [-0.25, -0.2) is 8.78 Å². The second-order valence-corrected chi connectivity index (χ2v) is 4.55. The molecule has 0 aliphatic heterocycles. The summed E-state index contributed by atoms with van der Waals surface area (Å²) in [6.07, 6.45) is 1.70. The van der Waals surface area contributed by atoms with E-state index in [1.807, 2.05) is 0 Å². The van der Waals surface area contributed by atoms with Gasteiger partial charge in [-0.15, -0.1) is 0 Å². The van der Waals surface area contributed by atoms with Crippen LogP contribution < -0.4 is 0 Å². The summed E-state index contributed by atoms with van der Waals surface area (Å²) < 4.78 is 28.3. The van der Waals surface area contributed by atoms with Crippen molar-refractivity contribution in [1.82, 2.24) is 4.57 Å². The second-order valence-electron chi connectivity index (χ2n) is 4.55. The van der Waals surface area contributed by atoms with E-state index in [0.29, 0.717) is 5.39 Å². The number of nitrogens with zero attached hydrogens (tertiary/aromatic N) is 1. The molecule has 0 saturated heterocycles. The van der Waals surface area contributed by atoms with E-state index in [-0.39, 0.29) is 23.7 Å². The highest BCUT2D eigenvalue weighted by atomic mass is 19.1. The maximum atomic E-state index is 13.6. The predicted molar refractivity (Wildman–Crippen MR) is 72.6 cm³/mol. The van der Waals surface area contributed by atoms with Crippen LogP contribution in [0, 0.1) is 11.6 Å². The predicted octanol–water partition coefficient (Wildman–Crippen LogP) is 3.80. The Kier molecular flexibility index (Phi) is 3.06. The first-order valence-electron chi connectivity index (χ1n) is 6.17. The molecule has 3 aromatic rings. The van der Waals surface area contributed by atoms with Crippen LogP contribution in [0.4, 0.5) is 8.78 Å². The van der Waals surface area contributed by atoms with E-state index in [1.54, 1.807) is 35.0 Å². The minimum atomic E-state index is -0.528. The molecule has 0 N–H and O–H groups in total. The van der Waals surface area contributed by atoms with Gasteiger partial charge in [0.2, 0.25) is 0 Å². The fourth-order valence-electron chi connectivity index (χ4n) is 2.24. The van der Waals surface area contributed by atoms with Crippen LogP contribution in [-0.4, -0.2) is 10.4 Å². The molecular weight excluding hydrogens is 260 g/mol. The quantitative estimate of drug-likeness (QED) is 0.664. The molecule has 1 heterocycles. The Bertz CT molecular complexity index is 792. The molecule has 0 aliphatic rings. The van der Waals surface area contributed by atoms with Crippen molar-refractivity contribution in [3.63, 3.8) is 0 Å². The number of ketones is 1. The van der Waals surface area contributed by atoms with Crippen molar-refractivity contribution in [1.29, 1.82) is 0 Å². The molecule has 100 valence electrons. The van der Waals surface area contributed by atoms with Crippen LogP contribution in [0.2, 0.25) is 0 Å². The molecular formula is C16H11F2NO. The molecule has 3 rings (SSSR count). The molecule has 0 amide bonds. The lowest BCUT2D eigenvalue weighted by molar-refractivity contribution is 0.0969. The van der Waals surface area contributed by atoms with Gasteiger partial charge in [-0.2, -0.15) is 0 Å². The van der Waals surface area contributed by atoms with Gasteiger partial charge in [-0.05, 0) is 36.4 Å². The van der Waals surface area contributed by atoms with Gasteiger partial charge in [0, 0.05) is 17.1 Å². The molecule has 0 aliphatic carbocycles. The van der Waals surface area contributed by atoms with Gasteiger partial charge >= 0.3 is 0 Å². The largest absolute Gasteiger partial charge is 0.340 e. The van der Waals surface area contributed by atoms with Crippen molar-refractivity contribution < 1.29 is 13.6 Å². The third-order valence-corrected chi connectivity index (χ3v) is 3.22. The highest BCUT2D eigenvalue weighted by Crippen LogP contribution is 2.18. The molecule has 20 heavy (non-hydrogen) atoms. The maximum absolute atomic E-state index is 13.6. The van der Waals surface area contributed by atoms with E-state index in [0.717, 1.165) is 5.52 Å². The smallest absolute Gasteiger partial charge is 0.185 e. The zero-order chi connectivity index (χ0) is 14.1. The molecule has 0 bridgehead atoms. The molecule has 2 nitrogen and oxygen atoms in total. The monoisotopic (exact) mass is 271 g/mol. The van der Waals surface area contributed by atoms with Crippen LogP contribution in [0.1, 0.15) is 10.4 Å². The van der Waals surface area contributed by atoms with Crippen molar-refractivity contribution in [2.45, 2.75) is 6.54 Å². The topological polar surface area (TPSA) is 22.0 Å². The lowest BCUT2D eigenvalue weighted by atomic mass is 10.1. The van der Waals surface area contributed by atoms with Gasteiger partial charge in [0.25, 0.3) is 0 Å². The van der Waals surface area contributed by atoms with E-state index in [4.69, 9.17) is 0 Å². The summed E-state index contributed by atoms with van der Waals surface area (Å²) in [4.78, 5) is 12.1. The van der Waals surface area contributed by atoms with Crippen molar-refractivity contribution in [3.05, 3.63) is 71.9 Å². The third-order valence-electron chi connectivity index (χ3n) is 3.22. The number of benzene rings is 2. The highest BCUT2D eigenvalue weighted by Gasteiger charge is 2.12. The number of carbonyl (C=O) groups excluding carboxylic acids is 1. The first-order valence-corrected chi connectivity index (χ1v) is 6.17. The van der Waals surface area contributed by atoms with Crippen LogP contribution in [0.5, 0.6) is 0 Å². The summed E-state index contributed by atoms with van der Waals surface area (Å²) in [5.41, 5.74) is 0.813. The molecule has 0 spiro atoms. The molecule has 1 aromatic heterocycles. The Hall–Kier alpha value is -2.49. The third kappa shape index (κ3) is 2.20.